The summed E-state index contributed by atoms with van der Waals surface area (Å²) in [6.45, 7) is 0. The van der Waals surface area contributed by atoms with E-state index in [2.05, 4.69) is 4.98 Å². The number of halogens is 6. The molecule has 0 aliphatic carbocycles. The third-order valence-electron chi connectivity index (χ3n) is 1.65. The Labute approximate surface area is 130 Å². The number of hydrogen-bond acceptors (Lipinski definition) is 4. The molecule has 1 N–H and O–H groups in total. The zero-order chi connectivity index (χ0) is 15.1. The number of hydrogen-bond donors (Lipinski definition) is 1. The minimum atomic E-state index is -5.26. The van der Waals surface area contributed by atoms with Crippen LogP contribution >= 0.6 is 0 Å². The molecule has 0 bridgehead atoms. The van der Waals surface area contributed by atoms with Gasteiger partial charge in [-0.3, -0.25) is 4.72 Å². The maximum atomic E-state index is 12.3. The molecule has 108 valence electrons. The zero-order valence-corrected chi connectivity index (χ0v) is 12.3. The molecule has 13 heteroatoms. The third-order valence-corrected chi connectivity index (χ3v) is 2.13. The molecule has 0 spiro atoms. The molecule has 0 amide bonds. The number of pyridine rings is 1. The molecule has 1 rings (SSSR count). The molecule has 0 saturated carbocycles. The summed E-state index contributed by atoms with van der Waals surface area (Å²) < 4.78 is 106. The SMILES string of the molecule is O=S(=O)([O-])Nc1cc(C(F)(F)F)nc(C(F)(F)F)c1.[Na+]. The zero-order valence-electron chi connectivity index (χ0n) is 9.50. The first-order valence-electron chi connectivity index (χ1n) is 4.19. The van der Waals surface area contributed by atoms with Crippen molar-refractivity contribution in [3.05, 3.63) is 23.5 Å². The molecule has 20 heavy (non-hydrogen) atoms. The summed E-state index contributed by atoms with van der Waals surface area (Å²) in [5.41, 5.74) is -5.13. The van der Waals surface area contributed by atoms with Gasteiger partial charge in [-0.15, -0.1) is 0 Å². The van der Waals surface area contributed by atoms with Crippen LogP contribution in [0.1, 0.15) is 11.4 Å². The van der Waals surface area contributed by atoms with Gasteiger partial charge in [0.2, 0.25) is 0 Å². The Morgan fingerprint density at radius 1 is 1.00 bits per heavy atom. The summed E-state index contributed by atoms with van der Waals surface area (Å²) in [7, 11) is -5.26. The van der Waals surface area contributed by atoms with Crippen LogP contribution in [0.4, 0.5) is 32.0 Å². The fourth-order valence-electron chi connectivity index (χ4n) is 1.02. The van der Waals surface area contributed by atoms with Crippen molar-refractivity contribution < 1.29 is 68.9 Å². The number of nitrogens with one attached hydrogen (secondary N) is 1. The van der Waals surface area contributed by atoms with Crippen LogP contribution in [0.5, 0.6) is 0 Å². The summed E-state index contributed by atoms with van der Waals surface area (Å²) in [6, 6.07) is -0.0463. The summed E-state index contributed by atoms with van der Waals surface area (Å²) >= 11 is 0. The van der Waals surface area contributed by atoms with Crippen molar-refractivity contribution in [1.29, 1.82) is 0 Å². The average molecular weight is 332 g/mol. The van der Waals surface area contributed by atoms with Crippen molar-refractivity contribution in [1.82, 2.24) is 4.98 Å². The van der Waals surface area contributed by atoms with Gasteiger partial charge < -0.3 is 4.55 Å². The molecular weight excluding hydrogens is 329 g/mol. The number of rotatable bonds is 2. The summed E-state index contributed by atoms with van der Waals surface area (Å²) in [4.78, 5) is 2.32. The predicted octanol–water partition coefficient (Wildman–Crippen LogP) is -1.00. The van der Waals surface area contributed by atoms with Gasteiger partial charge in [-0.1, -0.05) is 0 Å². The largest absolute Gasteiger partial charge is 1.00 e. The molecule has 0 aromatic carbocycles. The van der Waals surface area contributed by atoms with E-state index in [4.69, 9.17) is 0 Å². The van der Waals surface area contributed by atoms with E-state index in [0.29, 0.717) is 0 Å². The van der Waals surface area contributed by atoms with Crippen LogP contribution in [-0.4, -0.2) is 18.0 Å². The topological polar surface area (TPSA) is 82.1 Å². The van der Waals surface area contributed by atoms with Crippen LogP contribution in [0.2, 0.25) is 0 Å². The van der Waals surface area contributed by atoms with E-state index in [1.165, 1.54) is 0 Å². The second kappa shape index (κ2) is 6.05. The molecule has 1 aromatic rings. The quantitative estimate of drug-likeness (QED) is 0.428. The molecule has 0 radical (unpaired) electrons. The Morgan fingerprint density at radius 2 is 1.35 bits per heavy atom. The molecule has 0 unspecified atom stereocenters. The maximum Gasteiger partial charge on any atom is 1.00 e. The van der Waals surface area contributed by atoms with Crippen molar-refractivity contribution in [3.8, 4) is 0 Å². The van der Waals surface area contributed by atoms with Gasteiger partial charge in [-0.05, 0) is 12.1 Å². The van der Waals surface area contributed by atoms with Gasteiger partial charge in [0.15, 0.2) is 10.3 Å². The van der Waals surface area contributed by atoms with E-state index in [9.17, 15) is 39.3 Å². The van der Waals surface area contributed by atoms with Crippen molar-refractivity contribution in [2.24, 2.45) is 0 Å². The Balaban J connectivity index is 0.00000361. The molecule has 0 saturated heterocycles. The van der Waals surface area contributed by atoms with E-state index in [1.54, 1.807) is 0 Å². The number of aromatic nitrogens is 1. The third kappa shape index (κ3) is 5.83. The van der Waals surface area contributed by atoms with E-state index < -0.39 is 39.7 Å². The summed E-state index contributed by atoms with van der Waals surface area (Å²) in [5.74, 6) is 0. The Kier molecular flexibility index (Phi) is 5.88. The van der Waals surface area contributed by atoms with Gasteiger partial charge in [0, 0.05) is 0 Å². The second-order valence-corrected chi connectivity index (χ2v) is 4.29. The smallest absolute Gasteiger partial charge is 0.731 e. The molecule has 0 atom stereocenters. The Hall–Kier alpha value is -0.560. The van der Waals surface area contributed by atoms with Crippen LogP contribution < -0.4 is 34.3 Å². The number of anilines is 1. The second-order valence-electron chi connectivity index (χ2n) is 3.18. The van der Waals surface area contributed by atoms with Crippen molar-refractivity contribution in [2.45, 2.75) is 12.4 Å². The Morgan fingerprint density at radius 3 is 1.60 bits per heavy atom. The monoisotopic (exact) mass is 332 g/mol. The van der Waals surface area contributed by atoms with Crippen molar-refractivity contribution in [2.75, 3.05) is 4.72 Å². The first-order chi connectivity index (χ1) is 8.29. The standard InChI is InChI=1S/C7H4F6N2O3S.Na/c8-6(9,10)4-1-3(15-19(16,17)18)2-5(14-4)7(11,12)13;/h1-2H,(H,14,15)(H,16,17,18);/q;+1/p-1. The van der Waals surface area contributed by atoms with E-state index in [0.717, 1.165) is 4.72 Å². The van der Waals surface area contributed by atoms with E-state index in [1.807, 2.05) is 0 Å². The fourth-order valence-corrected chi connectivity index (χ4v) is 1.43. The van der Waals surface area contributed by atoms with Crippen LogP contribution in [-0.2, 0) is 22.7 Å². The molecule has 0 aliphatic rings. The number of alkyl halides is 6. The van der Waals surface area contributed by atoms with Crippen LogP contribution in [0.15, 0.2) is 12.1 Å². The Bertz CT molecular complexity index is 553. The fraction of sp³-hybridized carbons (Fsp3) is 0.286. The van der Waals surface area contributed by atoms with Gasteiger partial charge in [0.05, 0.1) is 5.69 Å². The van der Waals surface area contributed by atoms with Gasteiger partial charge in [-0.25, -0.2) is 13.4 Å². The minimum absolute atomic E-state index is 0. The average Bonchev–Trinajstić information content (AvgIpc) is 2.11. The summed E-state index contributed by atoms with van der Waals surface area (Å²) in [6.07, 6.45) is -10.5. The van der Waals surface area contributed by atoms with Crippen molar-refractivity contribution in [3.63, 3.8) is 0 Å². The van der Waals surface area contributed by atoms with E-state index in [-0.39, 0.29) is 41.7 Å². The van der Waals surface area contributed by atoms with Gasteiger partial charge in [0.1, 0.15) is 11.4 Å². The minimum Gasteiger partial charge on any atom is -0.731 e. The van der Waals surface area contributed by atoms with Gasteiger partial charge >= 0.3 is 41.9 Å². The first-order valence-corrected chi connectivity index (χ1v) is 5.60. The predicted molar refractivity (Wildman–Crippen MR) is 47.6 cm³/mol. The van der Waals surface area contributed by atoms with Gasteiger partial charge in [0.25, 0.3) is 0 Å². The molecule has 0 aliphatic heterocycles. The molecule has 5 nitrogen and oxygen atoms in total. The number of nitrogens with zero attached hydrogens (tertiary/aromatic N) is 1. The van der Waals surface area contributed by atoms with Crippen LogP contribution in [0, 0.1) is 0 Å². The maximum absolute atomic E-state index is 12.3. The molecule has 0 fully saturated rings. The first kappa shape index (κ1) is 19.4. The van der Waals surface area contributed by atoms with E-state index >= 15 is 0 Å². The normalized spacial score (nSPS) is 12.8. The van der Waals surface area contributed by atoms with Crippen molar-refractivity contribution >= 4 is 16.0 Å². The van der Waals surface area contributed by atoms with Gasteiger partial charge in [-0.2, -0.15) is 26.3 Å². The van der Waals surface area contributed by atoms with Crippen LogP contribution in [0.25, 0.3) is 0 Å². The molecule has 1 heterocycles. The molecular formula is C7H3F6N2NaO3S. The van der Waals surface area contributed by atoms with Crippen LogP contribution in [0.3, 0.4) is 0 Å². The molecule has 1 aromatic heterocycles. The summed E-state index contributed by atoms with van der Waals surface area (Å²) in [5, 5.41) is 0.